The Balaban J connectivity index is 1.67. The lowest BCUT2D eigenvalue weighted by Gasteiger charge is -2.33. The van der Waals surface area contributed by atoms with E-state index in [1.165, 1.54) is 36.0 Å². The number of nitrogens with zero attached hydrogens (tertiary/aromatic N) is 3. The summed E-state index contributed by atoms with van der Waals surface area (Å²) in [6.07, 6.45) is 0. The second-order valence-electron chi connectivity index (χ2n) is 6.40. The highest BCUT2D eigenvalue weighted by Crippen LogP contribution is 2.39. The van der Waals surface area contributed by atoms with Gasteiger partial charge in [0.15, 0.2) is 0 Å². The molecule has 10 heteroatoms. The highest BCUT2D eigenvalue weighted by molar-refractivity contribution is 9.10. The standard InChI is InChI=1S/C19H17BrFN5O2S/c1-10-23-24-19-26(10)25-16(11-3-8-15(28-2)14(20)9-11)17(29-19)18(27)22-13-6-4-12(21)5-7-13/h3-9,16-17,25H,1-2H3,(H,22,27)/t16-,17+/m1/s1. The number of fused-ring (bicyclic) bond motifs is 1. The van der Waals surface area contributed by atoms with Crippen molar-refractivity contribution in [3.63, 3.8) is 0 Å². The first-order valence-corrected chi connectivity index (χ1v) is 10.4. The quantitative estimate of drug-likeness (QED) is 0.593. The molecule has 2 atom stereocenters. The van der Waals surface area contributed by atoms with E-state index in [4.69, 9.17) is 4.74 Å². The molecular weight excluding hydrogens is 461 g/mol. The number of aryl methyl sites for hydroxylation is 1. The number of amides is 1. The molecule has 0 unspecified atom stereocenters. The lowest BCUT2D eigenvalue weighted by atomic mass is 10.0. The fourth-order valence-corrected chi connectivity index (χ4v) is 4.72. The minimum absolute atomic E-state index is 0.224. The van der Waals surface area contributed by atoms with Gasteiger partial charge in [0.25, 0.3) is 0 Å². The number of thioether (sulfide) groups is 1. The summed E-state index contributed by atoms with van der Waals surface area (Å²) in [6, 6.07) is 11.0. The van der Waals surface area contributed by atoms with Gasteiger partial charge < -0.3 is 15.5 Å². The Labute approximate surface area is 179 Å². The van der Waals surface area contributed by atoms with Crippen molar-refractivity contribution in [1.29, 1.82) is 0 Å². The fraction of sp³-hybridized carbons (Fsp3) is 0.211. The van der Waals surface area contributed by atoms with Gasteiger partial charge in [0.1, 0.15) is 22.6 Å². The van der Waals surface area contributed by atoms with E-state index < -0.39 is 5.25 Å². The van der Waals surface area contributed by atoms with Gasteiger partial charge in [-0.05, 0) is 64.8 Å². The third kappa shape index (κ3) is 3.95. The molecule has 2 heterocycles. The second-order valence-corrected chi connectivity index (χ2v) is 8.36. The highest BCUT2D eigenvalue weighted by atomic mass is 79.9. The fourth-order valence-electron chi connectivity index (χ4n) is 3.03. The van der Waals surface area contributed by atoms with Crippen molar-refractivity contribution in [3.05, 3.63) is 64.1 Å². The largest absolute Gasteiger partial charge is 0.496 e. The average molecular weight is 478 g/mol. The first kappa shape index (κ1) is 19.7. The molecule has 1 aliphatic heterocycles. The topological polar surface area (TPSA) is 81.1 Å². The molecule has 7 nitrogen and oxygen atoms in total. The number of nitrogens with one attached hydrogen (secondary N) is 2. The molecule has 0 saturated carbocycles. The molecule has 0 saturated heterocycles. The van der Waals surface area contributed by atoms with Crippen LogP contribution in [-0.2, 0) is 4.79 Å². The molecule has 150 valence electrons. The van der Waals surface area contributed by atoms with E-state index in [-0.39, 0.29) is 17.8 Å². The summed E-state index contributed by atoms with van der Waals surface area (Å²) in [7, 11) is 1.60. The Morgan fingerprint density at radius 3 is 2.72 bits per heavy atom. The first-order chi connectivity index (χ1) is 14.0. The van der Waals surface area contributed by atoms with Gasteiger partial charge in [0, 0.05) is 5.69 Å². The van der Waals surface area contributed by atoms with E-state index in [0.29, 0.717) is 22.4 Å². The van der Waals surface area contributed by atoms with Crippen molar-refractivity contribution >= 4 is 39.3 Å². The Morgan fingerprint density at radius 2 is 2.03 bits per heavy atom. The van der Waals surface area contributed by atoms with E-state index in [1.54, 1.807) is 11.8 Å². The summed E-state index contributed by atoms with van der Waals surface area (Å²) in [6.45, 7) is 1.84. The summed E-state index contributed by atoms with van der Waals surface area (Å²) in [5.74, 6) is 0.812. The molecule has 2 N–H and O–H groups in total. The van der Waals surface area contributed by atoms with Gasteiger partial charge in [-0.3, -0.25) is 4.79 Å². The summed E-state index contributed by atoms with van der Waals surface area (Å²) in [4.78, 5) is 13.1. The van der Waals surface area contributed by atoms with Gasteiger partial charge in [-0.2, -0.15) is 0 Å². The molecule has 2 aromatic carbocycles. The number of hydrogen-bond donors (Lipinski definition) is 2. The first-order valence-electron chi connectivity index (χ1n) is 8.71. The zero-order chi connectivity index (χ0) is 20.5. The molecule has 0 spiro atoms. The number of rotatable bonds is 4. The van der Waals surface area contributed by atoms with Crippen LogP contribution in [-0.4, -0.2) is 33.1 Å². The zero-order valence-corrected chi connectivity index (χ0v) is 17.9. The minimum atomic E-state index is -0.531. The minimum Gasteiger partial charge on any atom is -0.496 e. The van der Waals surface area contributed by atoms with E-state index in [1.807, 2.05) is 25.1 Å². The van der Waals surface area contributed by atoms with Crippen molar-refractivity contribution in [2.45, 2.75) is 23.4 Å². The molecule has 4 rings (SSSR count). The molecule has 0 bridgehead atoms. The SMILES string of the molecule is COc1ccc([C@H]2Nn3c(C)nnc3S[C@@H]2C(=O)Nc2ccc(F)cc2)cc1Br. The van der Waals surface area contributed by atoms with Gasteiger partial charge in [0.05, 0.1) is 17.6 Å². The van der Waals surface area contributed by atoms with Crippen molar-refractivity contribution < 1.29 is 13.9 Å². The predicted octanol–water partition coefficient (Wildman–Crippen LogP) is 3.89. The molecule has 1 aromatic heterocycles. The number of methoxy groups -OCH3 is 1. The molecule has 0 radical (unpaired) electrons. The normalized spacial score (nSPS) is 17.9. The molecular formula is C19H17BrFN5O2S. The Hall–Kier alpha value is -2.59. The molecule has 0 aliphatic carbocycles. The maximum absolute atomic E-state index is 13.2. The maximum Gasteiger partial charge on any atom is 0.240 e. The monoisotopic (exact) mass is 477 g/mol. The van der Waals surface area contributed by atoms with Gasteiger partial charge in [-0.15, -0.1) is 10.2 Å². The molecule has 29 heavy (non-hydrogen) atoms. The highest BCUT2D eigenvalue weighted by Gasteiger charge is 2.37. The number of hydrogen-bond acceptors (Lipinski definition) is 6. The number of aromatic nitrogens is 3. The van der Waals surface area contributed by atoms with Crippen molar-refractivity contribution in [3.8, 4) is 5.75 Å². The van der Waals surface area contributed by atoms with E-state index >= 15 is 0 Å². The third-order valence-corrected chi connectivity index (χ3v) is 6.34. The van der Waals surface area contributed by atoms with Crippen LogP contribution in [0.15, 0.2) is 52.1 Å². The van der Waals surface area contributed by atoms with E-state index in [2.05, 4.69) is 36.9 Å². The van der Waals surface area contributed by atoms with E-state index in [9.17, 15) is 9.18 Å². The summed E-state index contributed by atoms with van der Waals surface area (Å²) in [5.41, 5.74) is 4.76. The average Bonchev–Trinajstić information content (AvgIpc) is 3.08. The predicted molar refractivity (Wildman–Crippen MR) is 112 cm³/mol. The summed E-state index contributed by atoms with van der Waals surface area (Å²) >= 11 is 4.82. The number of halogens is 2. The van der Waals surface area contributed by atoms with Crippen LogP contribution >= 0.6 is 27.7 Å². The summed E-state index contributed by atoms with van der Waals surface area (Å²) < 4.78 is 21.0. The molecule has 1 aliphatic rings. The number of carbonyl (C=O) groups is 1. The van der Waals surface area contributed by atoms with Crippen LogP contribution < -0.4 is 15.5 Å². The maximum atomic E-state index is 13.2. The van der Waals surface area contributed by atoms with Crippen LogP contribution in [0.25, 0.3) is 0 Å². The number of carbonyl (C=O) groups excluding carboxylic acids is 1. The van der Waals surface area contributed by atoms with Gasteiger partial charge in [0.2, 0.25) is 11.1 Å². The van der Waals surface area contributed by atoms with Crippen LogP contribution in [0.4, 0.5) is 10.1 Å². The zero-order valence-electron chi connectivity index (χ0n) is 15.5. The van der Waals surface area contributed by atoms with E-state index in [0.717, 1.165) is 10.0 Å². The van der Waals surface area contributed by atoms with Crippen LogP contribution in [0, 0.1) is 12.7 Å². The number of anilines is 1. The molecule has 0 fully saturated rings. The van der Waals surface area contributed by atoms with Crippen LogP contribution in [0.3, 0.4) is 0 Å². The van der Waals surface area contributed by atoms with Crippen LogP contribution in [0.2, 0.25) is 0 Å². The van der Waals surface area contributed by atoms with Crippen molar-refractivity contribution in [1.82, 2.24) is 14.9 Å². The van der Waals surface area contributed by atoms with Crippen LogP contribution in [0.5, 0.6) is 5.75 Å². The Kier molecular flexibility index (Phi) is 5.46. The second kappa shape index (κ2) is 8.03. The Bertz CT molecular complexity index is 1060. The van der Waals surface area contributed by atoms with Crippen molar-refractivity contribution in [2.24, 2.45) is 0 Å². The third-order valence-electron chi connectivity index (χ3n) is 4.50. The summed E-state index contributed by atoms with van der Waals surface area (Å²) in [5, 5.41) is 11.1. The number of ether oxygens (including phenoxy) is 1. The molecule has 1 amide bonds. The van der Waals surface area contributed by atoms with Crippen LogP contribution in [0.1, 0.15) is 17.4 Å². The van der Waals surface area contributed by atoms with Gasteiger partial charge >= 0.3 is 0 Å². The smallest absolute Gasteiger partial charge is 0.240 e. The Morgan fingerprint density at radius 1 is 1.28 bits per heavy atom. The van der Waals surface area contributed by atoms with Crippen molar-refractivity contribution in [2.75, 3.05) is 17.9 Å². The van der Waals surface area contributed by atoms with Gasteiger partial charge in [-0.25, -0.2) is 9.07 Å². The lowest BCUT2D eigenvalue weighted by Crippen LogP contribution is -2.41. The van der Waals surface area contributed by atoms with Gasteiger partial charge in [-0.1, -0.05) is 17.8 Å². The number of benzene rings is 2. The lowest BCUT2D eigenvalue weighted by molar-refractivity contribution is -0.116. The molecule has 3 aromatic rings.